The predicted octanol–water partition coefficient (Wildman–Crippen LogP) is 2.34. The highest BCUT2D eigenvalue weighted by molar-refractivity contribution is 5.76. The highest BCUT2D eigenvalue weighted by atomic mass is 16.2. The molecule has 1 aliphatic rings. The van der Waals surface area contributed by atoms with E-state index in [9.17, 15) is 4.79 Å². The fourth-order valence-electron chi connectivity index (χ4n) is 3.13. The van der Waals surface area contributed by atoms with Gasteiger partial charge in [-0.1, -0.05) is 6.92 Å². The zero-order chi connectivity index (χ0) is 14.5. The first kappa shape index (κ1) is 15.1. The molecular formula is C16H27N3O. The lowest BCUT2D eigenvalue weighted by molar-refractivity contribution is -0.131. The van der Waals surface area contributed by atoms with E-state index < -0.39 is 0 Å². The lowest BCUT2D eigenvalue weighted by atomic mass is 9.91. The molecule has 20 heavy (non-hydrogen) atoms. The zero-order valence-electron chi connectivity index (χ0n) is 13.0. The van der Waals surface area contributed by atoms with E-state index in [2.05, 4.69) is 29.2 Å². The fraction of sp³-hybridized carbons (Fsp3) is 0.688. The molecule has 0 bridgehead atoms. The summed E-state index contributed by atoms with van der Waals surface area (Å²) in [6.45, 7) is 9.25. The Hall–Kier alpha value is -1.29. The third-order valence-corrected chi connectivity index (χ3v) is 4.20. The predicted molar refractivity (Wildman–Crippen MR) is 81.7 cm³/mol. The van der Waals surface area contributed by atoms with Crippen LogP contribution in [0.3, 0.4) is 0 Å². The van der Waals surface area contributed by atoms with E-state index in [1.807, 2.05) is 18.7 Å². The summed E-state index contributed by atoms with van der Waals surface area (Å²) in [4.78, 5) is 14.1. The van der Waals surface area contributed by atoms with Crippen molar-refractivity contribution in [2.24, 2.45) is 0 Å². The Morgan fingerprint density at radius 3 is 2.75 bits per heavy atom. The molecule has 1 aliphatic carbocycles. The average Bonchev–Trinajstić information content (AvgIpc) is 2.84. The van der Waals surface area contributed by atoms with Gasteiger partial charge in [-0.15, -0.1) is 0 Å². The molecule has 1 N–H and O–H groups in total. The number of hydrogen-bond donors (Lipinski definition) is 1. The quantitative estimate of drug-likeness (QED) is 0.866. The zero-order valence-corrected chi connectivity index (χ0v) is 13.0. The molecule has 0 saturated heterocycles. The smallest absolute Gasteiger partial charge is 0.242 e. The number of likely N-dealkylation sites (N-methyl/N-ethyl adjacent to an activating group) is 1. The largest absolute Gasteiger partial charge is 0.344 e. The minimum atomic E-state index is 0.211. The number of aryl methyl sites for hydroxylation is 1. The van der Waals surface area contributed by atoms with E-state index in [1.54, 1.807) is 0 Å². The first-order valence-electron chi connectivity index (χ1n) is 7.89. The van der Waals surface area contributed by atoms with Crippen molar-refractivity contribution in [1.29, 1.82) is 0 Å². The van der Waals surface area contributed by atoms with Crippen LogP contribution in [0.5, 0.6) is 0 Å². The molecule has 0 aromatic carbocycles. The molecule has 1 aromatic rings. The molecule has 1 aromatic heterocycles. The van der Waals surface area contributed by atoms with Crippen LogP contribution in [0.4, 0.5) is 0 Å². The summed E-state index contributed by atoms with van der Waals surface area (Å²) < 4.78 is 2.07. The molecular weight excluding hydrogens is 250 g/mol. The second kappa shape index (κ2) is 6.93. The van der Waals surface area contributed by atoms with Crippen molar-refractivity contribution in [3.8, 4) is 0 Å². The summed E-state index contributed by atoms with van der Waals surface area (Å²) in [6, 6.07) is 0.466. The Kier molecular flexibility index (Phi) is 5.24. The van der Waals surface area contributed by atoms with Crippen LogP contribution < -0.4 is 5.32 Å². The molecule has 0 spiro atoms. The molecule has 0 aliphatic heterocycles. The van der Waals surface area contributed by atoms with Gasteiger partial charge in [-0.25, -0.2) is 0 Å². The number of hydrogen-bond acceptors (Lipinski definition) is 2. The lowest BCUT2D eigenvalue weighted by Gasteiger charge is -2.22. The van der Waals surface area contributed by atoms with E-state index in [1.165, 1.54) is 24.0 Å². The van der Waals surface area contributed by atoms with E-state index in [4.69, 9.17) is 0 Å². The Labute approximate surface area is 122 Å². The molecule has 1 amide bonds. The Bertz CT molecular complexity index is 449. The van der Waals surface area contributed by atoms with Gasteiger partial charge in [0.2, 0.25) is 5.91 Å². The summed E-state index contributed by atoms with van der Waals surface area (Å²) >= 11 is 0. The SMILES string of the molecule is CCNC1CCCc2cn(CC(=O)N(CC)CC)cc21. The van der Waals surface area contributed by atoms with Gasteiger partial charge in [0.25, 0.3) is 0 Å². The van der Waals surface area contributed by atoms with Crippen molar-refractivity contribution in [1.82, 2.24) is 14.8 Å². The van der Waals surface area contributed by atoms with Crippen LogP contribution >= 0.6 is 0 Å². The van der Waals surface area contributed by atoms with E-state index >= 15 is 0 Å². The summed E-state index contributed by atoms with van der Waals surface area (Å²) in [5.41, 5.74) is 2.81. The molecule has 0 radical (unpaired) electrons. The third kappa shape index (κ3) is 3.23. The monoisotopic (exact) mass is 277 g/mol. The van der Waals surface area contributed by atoms with Gasteiger partial charge < -0.3 is 14.8 Å². The maximum atomic E-state index is 12.2. The number of amides is 1. The number of rotatable bonds is 6. The molecule has 4 nitrogen and oxygen atoms in total. The van der Waals surface area contributed by atoms with Gasteiger partial charge in [0.05, 0.1) is 0 Å². The van der Waals surface area contributed by atoms with Gasteiger partial charge in [-0.2, -0.15) is 0 Å². The maximum Gasteiger partial charge on any atom is 0.242 e. The van der Waals surface area contributed by atoms with Crippen molar-refractivity contribution in [3.63, 3.8) is 0 Å². The Balaban J connectivity index is 2.09. The van der Waals surface area contributed by atoms with Crippen molar-refractivity contribution in [2.75, 3.05) is 19.6 Å². The van der Waals surface area contributed by atoms with Gasteiger partial charge in [-0.3, -0.25) is 4.79 Å². The number of aromatic nitrogens is 1. The van der Waals surface area contributed by atoms with E-state index in [-0.39, 0.29) is 5.91 Å². The lowest BCUT2D eigenvalue weighted by Crippen LogP contribution is -2.33. The maximum absolute atomic E-state index is 12.2. The van der Waals surface area contributed by atoms with Crippen LogP contribution in [0.15, 0.2) is 12.4 Å². The second-order valence-corrected chi connectivity index (χ2v) is 5.48. The molecule has 1 heterocycles. The minimum Gasteiger partial charge on any atom is -0.344 e. The molecule has 1 atom stereocenters. The summed E-state index contributed by atoms with van der Waals surface area (Å²) in [6.07, 6.45) is 7.92. The summed E-state index contributed by atoms with van der Waals surface area (Å²) in [5.74, 6) is 0.211. The van der Waals surface area contributed by atoms with Gasteiger partial charge in [0.1, 0.15) is 6.54 Å². The van der Waals surface area contributed by atoms with Crippen LogP contribution in [0, 0.1) is 0 Å². The minimum absolute atomic E-state index is 0.211. The van der Waals surface area contributed by atoms with Gasteiger partial charge in [-0.05, 0) is 50.8 Å². The molecule has 1 unspecified atom stereocenters. The fourth-order valence-corrected chi connectivity index (χ4v) is 3.13. The van der Waals surface area contributed by atoms with Crippen molar-refractivity contribution < 1.29 is 4.79 Å². The number of nitrogens with zero attached hydrogens (tertiary/aromatic N) is 2. The second-order valence-electron chi connectivity index (χ2n) is 5.48. The van der Waals surface area contributed by atoms with Gasteiger partial charge in [0.15, 0.2) is 0 Å². The first-order chi connectivity index (χ1) is 9.69. The number of nitrogens with one attached hydrogen (secondary N) is 1. The highest BCUT2D eigenvalue weighted by Crippen LogP contribution is 2.30. The van der Waals surface area contributed by atoms with Crippen LogP contribution in [0.2, 0.25) is 0 Å². The van der Waals surface area contributed by atoms with Crippen LogP contribution in [-0.4, -0.2) is 35.0 Å². The Morgan fingerprint density at radius 2 is 2.10 bits per heavy atom. The van der Waals surface area contributed by atoms with Gasteiger partial charge in [0, 0.05) is 31.5 Å². The average molecular weight is 277 g/mol. The standard InChI is InChI=1S/C16H27N3O/c1-4-17-15-9-7-8-13-10-18(11-14(13)15)12-16(20)19(5-2)6-3/h10-11,15,17H,4-9,12H2,1-3H3. The molecule has 0 saturated carbocycles. The third-order valence-electron chi connectivity index (χ3n) is 4.20. The summed E-state index contributed by atoms with van der Waals surface area (Å²) in [5, 5.41) is 3.54. The molecule has 0 fully saturated rings. The molecule has 112 valence electrons. The normalized spacial score (nSPS) is 17.9. The van der Waals surface area contributed by atoms with Crippen LogP contribution in [0.1, 0.15) is 50.8 Å². The van der Waals surface area contributed by atoms with Crippen molar-refractivity contribution in [3.05, 3.63) is 23.5 Å². The van der Waals surface area contributed by atoms with Crippen molar-refractivity contribution >= 4 is 5.91 Å². The van der Waals surface area contributed by atoms with E-state index in [0.29, 0.717) is 12.6 Å². The number of fused-ring (bicyclic) bond motifs is 1. The summed E-state index contributed by atoms with van der Waals surface area (Å²) in [7, 11) is 0. The van der Waals surface area contributed by atoms with Crippen LogP contribution in [-0.2, 0) is 17.8 Å². The van der Waals surface area contributed by atoms with E-state index in [0.717, 1.165) is 26.1 Å². The highest BCUT2D eigenvalue weighted by Gasteiger charge is 2.22. The van der Waals surface area contributed by atoms with Gasteiger partial charge >= 0.3 is 0 Å². The topological polar surface area (TPSA) is 37.3 Å². The Morgan fingerprint density at radius 1 is 1.35 bits per heavy atom. The van der Waals surface area contributed by atoms with Crippen LogP contribution in [0.25, 0.3) is 0 Å². The van der Waals surface area contributed by atoms with Crippen molar-refractivity contribution in [2.45, 2.75) is 52.6 Å². The first-order valence-corrected chi connectivity index (χ1v) is 7.89. The molecule has 4 heteroatoms. The molecule has 2 rings (SSSR count). The number of carbonyl (C=O) groups is 1. The number of carbonyl (C=O) groups excluding carboxylic acids is 1.